The molecule has 0 radical (unpaired) electrons. The molecule has 4 heterocycles. The number of alkyl halides is 2. The van der Waals surface area contributed by atoms with Crippen LogP contribution in [0.25, 0.3) is 11.3 Å². The van der Waals surface area contributed by atoms with Gasteiger partial charge in [-0.3, -0.25) is 19.5 Å². The van der Waals surface area contributed by atoms with Crippen LogP contribution in [0.3, 0.4) is 0 Å². The van der Waals surface area contributed by atoms with Crippen molar-refractivity contribution in [3.8, 4) is 11.3 Å². The number of benzene rings is 1. The maximum Gasteiger partial charge on any atom is 0.277 e. The standard InChI is InChI=1S/C26H21ClF3N9O2/c1-11-14(6-32-26(34-11)38-9-13-5-16(13)25(38)41)10-39-33-8-19(37-39)36-24(40)22-12(2)31-7-18(35-22)20-15(23(29)30)3-4-17(27)21(20)28/h3-4,6-8,13,16,23H,5,9-10H2,1-2H3,(H,36,37,40)/t13-,16-/m1/s1. The van der Waals surface area contributed by atoms with Crippen LogP contribution in [0.2, 0.25) is 5.02 Å². The van der Waals surface area contributed by atoms with Gasteiger partial charge in [-0.05, 0) is 32.3 Å². The van der Waals surface area contributed by atoms with Crippen LogP contribution < -0.4 is 10.2 Å². The topological polar surface area (TPSA) is 132 Å². The van der Waals surface area contributed by atoms with Crippen LogP contribution in [0, 0.1) is 31.5 Å². The van der Waals surface area contributed by atoms with Gasteiger partial charge in [0.05, 0.1) is 35.3 Å². The van der Waals surface area contributed by atoms with Crippen molar-refractivity contribution >= 4 is 35.2 Å². The molecule has 210 valence electrons. The number of piperidine rings is 1. The van der Waals surface area contributed by atoms with Crippen LogP contribution in [0.15, 0.2) is 30.7 Å². The summed E-state index contributed by atoms with van der Waals surface area (Å²) in [6, 6.07) is 2.03. The molecule has 11 nitrogen and oxygen atoms in total. The van der Waals surface area contributed by atoms with Crippen LogP contribution in [-0.2, 0) is 11.3 Å². The molecule has 0 bridgehead atoms. The molecule has 6 rings (SSSR count). The lowest BCUT2D eigenvalue weighted by Gasteiger charge is -2.17. The Hall–Kier alpha value is -4.46. The number of hydrogen-bond donors (Lipinski definition) is 1. The molecular formula is C26H21ClF3N9O2. The number of aryl methyl sites for hydroxylation is 2. The molecule has 1 saturated carbocycles. The highest BCUT2D eigenvalue weighted by Crippen LogP contribution is 2.46. The number of aromatic nitrogens is 7. The predicted octanol–water partition coefficient (Wildman–Crippen LogP) is 4.16. The highest BCUT2D eigenvalue weighted by Gasteiger charge is 2.53. The van der Waals surface area contributed by atoms with Crippen molar-refractivity contribution in [1.82, 2.24) is 34.9 Å². The number of carbonyl (C=O) groups excluding carboxylic acids is 2. The fourth-order valence-electron chi connectivity index (χ4n) is 4.77. The summed E-state index contributed by atoms with van der Waals surface area (Å²) < 4.78 is 41.9. The first-order valence-electron chi connectivity index (χ1n) is 12.6. The van der Waals surface area contributed by atoms with E-state index in [0.717, 1.165) is 24.8 Å². The monoisotopic (exact) mass is 583 g/mol. The van der Waals surface area contributed by atoms with Crippen LogP contribution in [0.1, 0.15) is 45.8 Å². The number of carbonyl (C=O) groups is 2. The summed E-state index contributed by atoms with van der Waals surface area (Å²) in [5.74, 6) is -0.809. The van der Waals surface area contributed by atoms with E-state index in [1.807, 2.05) is 0 Å². The number of anilines is 2. The second-order valence-corrected chi connectivity index (χ2v) is 10.3. The van der Waals surface area contributed by atoms with Gasteiger partial charge in [-0.25, -0.2) is 28.1 Å². The van der Waals surface area contributed by atoms with Gasteiger partial charge >= 0.3 is 0 Å². The Morgan fingerprint density at radius 1 is 1.15 bits per heavy atom. The quantitative estimate of drug-likeness (QED) is 0.343. The lowest BCUT2D eigenvalue weighted by atomic mass is 10.0. The van der Waals surface area contributed by atoms with Crippen LogP contribution in [-0.4, -0.2) is 53.3 Å². The number of rotatable bonds is 7. The van der Waals surface area contributed by atoms with Gasteiger partial charge in [0.15, 0.2) is 11.6 Å². The molecule has 15 heteroatoms. The van der Waals surface area contributed by atoms with Crippen molar-refractivity contribution in [3.63, 3.8) is 0 Å². The van der Waals surface area contributed by atoms with Crippen molar-refractivity contribution in [2.24, 2.45) is 11.8 Å². The molecule has 1 N–H and O–H groups in total. The molecule has 0 unspecified atom stereocenters. The van der Waals surface area contributed by atoms with Crippen molar-refractivity contribution in [1.29, 1.82) is 0 Å². The average Bonchev–Trinajstić information content (AvgIpc) is 3.46. The van der Waals surface area contributed by atoms with E-state index in [9.17, 15) is 22.8 Å². The first-order valence-corrected chi connectivity index (χ1v) is 12.9. The zero-order valence-corrected chi connectivity index (χ0v) is 22.4. The minimum atomic E-state index is -3.01. The molecular weight excluding hydrogens is 563 g/mol. The third kappa shape index (κ3) is 4.99. The summed E-state index contributed by atoms with van der Waals surface area (Å²) in [5, 5.41) is 10.6. The van der Waals surface area contributed by atoms with Gasteiger partial charge in [0, 0.05) is 41.0 Å². The summed E-state index contributed by atoms with van der Waals surface area (Å²) >= 11 is 5.81. The molecule has 1 saturated heterocycles. The summed E-state index contributed by atoms with van der Waals surface area (Å²) in [4.78, 5) is 45.3. The van der Waals surface area contributed by atoms with E-state index in [1.165, 1.54) is 17.9 Å². The number of nitrogens with one attached hydrogen (secondary N) is 1. The van der Waals surface area contributed by atoms with Gasteiger partial charge in [-0.1, -0.05) is 17.7 Å². The SMILES string of the molecule is Cc1nc(N2C[C@H]3C[C@H]3C2=O)ncc1Cn1ncc(NC(=O)c2nc(-c3c(C(F)F)ccc(Cl)c3F)cnc2C)n1. The van der Waals surface area contributed by atoms with Gasteiger partial charge in [0.1, 0.15) is 5.69 Å². The lowest BCUT2D eigenvalue weighted by Crippen LogP contribution is -2.30. The van der Waals surface area contributed by atoms with Crippen molar-refractivity contribution in [2.45, 2.75) is 33.2 Å². The molecule has 0 spiro atoms. The minimum Gasteiger partial charge on any atom is -0.302 e. The zero-order chi connectivity index (χ0) is 29.0. The van der Waals surface area contributed by atoms with Gasteiger partial charge < -0.3 is 5.32 Å². The van der Waals surface area contributed by atoms with Crippen LogP contribution >= 0.6 is 11.6 Å². The van der Waals surface area contributed by atoms with Gasteiger partial charge in [0.25, 0.3) is 12.3 Å². The smallest absolute Gasteiger partial charge is 0.277 e. The Morgan fingerprint density at radius 2 is 1.95 bits per heavy atom. The maximum atomic E-state index is 14.8. The molecule has 2 aliphatic rings. The van der Waals surface area contributed by atoms with E-state index in [4.69, 9.17) is 11.6 Å². The highest BCUT2D eigenvalue weighted by molar-refractivity contribution is 6.31. The number of halogens is 4. The largest absolute Gasteiger partial charge is 0.302 e. The van der Waals surface area contributed by atoms with Gasteiger partial charge in [-0.2, -0.15) is 9.90 Å². The molecule has 4 aromatic rings. The minimum absolute atomic E-state index is 0.0638. The lowest BCUT2D eigenvalue weighted by molar-refractivity contribution is -0.118. The Bertz CT molecular complexity index is 1710. The van der Waals surface area contributed by atoms with E-state index < -0.39 is 29.3 Å². The summed E-state index contributed by atoms with van der Waals surface area (Å²) in [6.07, 6.45) is 1.96. The van der Waals surface area contributed by atoms with Crippen molar-refractivity contribution in [2.75, 3.05) is 16.8 Å². The normalized spacial score (nSPS) is 17.7. The Morgan fingerprint density at radius 3 is 2.66 bits per heavy atom. The molecule has 1 aliphatic heterocycles. The van der Waals surface area contributed by atoms with Crippen molar-refractivity contribution < 1.29 is 22.8 Å². The second kappa shape index (κ2) is 10.2. The van der Waals surface area contributed by atoms with Gasteiger partial charge in [-0.15, -0.1) is 5.10 Å². The maximum absolute atomic E-state index is 14.8. The number of amides is 2. The zero-order valence-electron chi connectivity index (χ0n) is 21.6. The fraction of sp³-hybridized carbons (Fsp3) is 0.308. The predicted molar refractivity (Wildman–Crippen MR) is 140 cm³/mol. The third-order valence-corrected chi connectivity index (χ3v) is 7.40. The highest BCUT2D eigenvalue weighted by atomic mass is 35.5. The fourth-order valence-corrected chi connectivity index (χ4v) is 4.93. The van der Waals surface area contributed by atoms with Gasteiger partial charge in [0.2, 0.25) is 11.9 Å². The van der Waals surface area contributed by atoms with E-state index in [-0.39, 0.29) is 46.3 Å². The number of nitrogens with zero attached hydrogens (tertiary/aromatic N) is 8. The Labute approximate surface area is 235 Å². The second-order valence-electron chi connectivity index (χ2n) is 9.86. The van der Waals surface area contributed by atoms with Crippen molar-refractivity contribution in [3.05, 3.63) is 69.8 Å². The third-order valence-electron chi connectivity index (χ3n) is 7.11. The van der Waals surface area contributed by atoms with E-state index in [1.54, 1.807) is 18.0 Å². The summed E-state index contributed by atoms with van der Waals surface area (Å²) in [6.45, 7) is 4.13. The molecule has 2 amide bonds. The van der Waals surface area contributed by atoms with E-state index in [0.29, 0.717) is 29.7 Å². The number of fused-ring (bicyclic) bond motifs is 1. The molecule has 41 heavy (non-hydrogen) atoms. The molecule has 2 fully saturated rings. The molecule has 1 aromatic carbocycles. The Kier molecular flexibility index (Phi) is 6.64. The molecule has 1 aliphatic carbocycles. The average molecular weight is 584 g/mol. The first kappa shape index (κ1) is 26.7. The summed E-state index contributed by atoms with van der Waals surface area (Å²) in [5.41, 5.74) is -0.0970. The molecule has 3 aromatic heterocycles. The van der Waals surface area contributed by atoms with Crippen LogP contribution in [0.5, 0.6) is 0 Å². The first-order chi connectivity index (χ1) is 19.6. The van der Waals surface area contributed by atoms with E-state index >= 15 is 0 Å². The summed E-state index contributed by atoms with van der Waals surface area (Å²) in [7, 11) is 0. The molecule has 2 atom stereocenters. The van der Waals surface area contributed by atoms with Crippen LogP contribution in [0.4, 0.5) is 24.9 Å². The van der Waals surface area contributed by atoms with E-state index in [2.05, 4.69) is 35.5 Å². The number of hydrogen-bond acceptors (Lipinski definition) is 8. The Balaban J connectivity index is 1.18.